The average Bonchev–Trinajstić information content (AvgIpc) is 3.15. The second-order valence-corrected chi connectivity index (χ2v) is 8.49. The van der Waals surface area contributed by atoms with E-state index in [1.165, 1.54) is 11.8 Å². The van der Waals surface area contributed by atoms with Gasteiger partial charge in [-0.2, -0.15) is 0 Å². The Bertz CT molecular complexity index is 1110. The molecule has 0 saturated carbocycles. The monoisotopic (exact) mass is 469 g/mol. The van der Waals surface area contributed by atoms with Crippen LogP contribution in [0.3, 0.4) is 0 Å². The third kappa shape index (κ3) is 6.33. The van der Waals surface area contributed by atoms with Crippen LogP contribution in [0, 0.1) is 13.8 Å². The first-order valence-electron chi connectivity index (χ1n) is 10.3. The van der Waals surface area contributed by atoms with Gasteiger partial charge in [0.25, 0.3) is 5.91 Å². The van der Waals surface area contributed by atoms with Crippen LogP contribution in [0.1, 0.15) is 33.4 Å². The van der Waals surface area contributed by atoms with Crippen molar-refractivity contribution in [1.82, 2.24) is 20.1 Å². The first kappa shape index (κ1) is 24.3. The number of nitrogens with zero attached hydrogens (tertiary/aromatic N) is 3. The van der Waals surface area contributed by atoms with Gasteiger partial charge >= 0.3 is 0 Å². The van der Waals surface area contributed by atoms with E-state index in [1.54, 1.807) is 43.0 Å². The summed E-state index contributed by atoms with van der Waals surface area (Å²) in [6, 6.07) is 11.7. The van der Waals surface area contributed by atoms with Crippen LogP contribution >= 0.6 is 11.8 Å². The summed E-state index contributed by atoms with van der Waals surface area (Å²) in [5, 5.41) is 24.2. The number of amides is 2. The van der Waals surface area contributed by atoms with Gasteiger partial charge in [0.05, 0.1) is 19.5 Å². The summed E-state index contributed by atoms with van der Waals surface area (Å²) >= 11 is 1.22. The molecule has 0 radical (unpaired) electrons. The molecule has 2 amide bonds. The van der Waals surface area contributed by atoms with Gasteiger partial charge in [0.15, 0.2) is 11.0 Å². The van der Waals surface area contributed by atoms with E-state index in [9.17, 15) is 14.7 Å². The first-order chi connectivity index (χ1) is 15.8. The van der Waals surface area contributed by atoms with Crippen LogP contribution in [0.4, 0.5) is 5.69 Å². The van der Waals surface area contributed by atoms with Crippen molar-refractivity contribution in [2.24, 2.45) is 7.05 Å². The first-order valence-corrected chi connectivity index (χ1v) is 11.2. The predicted molar refractivity (Wildman–Crippen MR) is 127 cm³/mol. The molecule has 2 aromatic carbocycles. The number of hydrogen-bond donors (Lipinski definition) is 3. The number of hydrogen-bond acceptors (Lipinski definition) is 7. The highest BCUT2D eigenvalue weighted by Crippen LogP contribution is 2.21. The number of aryl methyl sites for hydroxylation is 2. The molecule has 0 spiro atoms. The molecule has 33 heavy (non-hydrogen) atoms. The summed E-state index contributed by atoms with van der Waals surface area (Å²) in [6.45, 7) is 3.60. The molecule has 174 valence electrons. The fraction of sp³-hybridized carbons (Fsp3) is 0.304. The highest BCUT2D eigenvalue weighted by molar-refractivity contribution is 7.99. The Balaban J connectivity index is 1.61. The van der Waals surface area contributed by atoms with Gasteiger partial charge in [-0.25, -0.2) is 0 Å². The number of aliphatic hydroxyl groups excluding tert-OH is 1. The van der Waals surface area contributed by atoms with Gasteiger partial charge in [0.2, 0.25) is 5.91 Å². The second-order valence-electron chi connectivity index (χ2n) is 7.55. The fourth-order valence-electron chi connectivity index (χ4n) is 3.31. The van der Waals surface area contributed by atoms with Gasteiger partial charge in [0, 0.05) is 18.3 Å². The van der Waals surface area contributed by atoms with Crippen molar-refractivity contribution in [1.29, 1.82) is 0 Å². The van der Waals surface area contributed by atoms with Crippen molar-refractivity contribution in [3.05, 3.63) is 65.0 Å². The van der Waals surface area contributed by atoms with Crippen LogP contribution in [0.5, 0.6) is 5.75 Å². The van der Waals surface area contributed by atoms with E-state index in [2.05, 4.69) is 20.8 Å². The highest BCUT2D eigenvalue weighted by Gasteiger charge is 2.22. The Morgan fingerprint density at radius 1 is 1.12 bits per heavy atom. The number of methoxy groups -OCH3 is 1. The minimum atomic E-state index is -0.754. The molecule has 0 bridgehead atoms. The summed E-state index contributed by atoms with van der Waals surface area (Å²) in [7, 11) is 3.27. The summed E-state index contributed by atoms with van der Waals surface area (Å²) < 4.78 is 6.75. The normalized spacial score (nSPS) is 11.7. The zero-order chi connectivity index (χ0) is 24.0. The lowest BCUT2D eigenvalue weighted by Crippen LogP contribution is -2.32. The van der Waals surface area contributed by atoms with E-state index in [0.29, 0.717) is 22.3 Å². The zero-order valence-corrected chi connectivity index (χ0v) is 19.8. The van der Waals surface area contributed by atoms with Gasteiger partial charge in [-0.05, 0) is 61.4 Å². The number of thioether (sulfide) groups is 1. The summed E-state index contributed by atoms with van der Waals surface area (Å²) in [5.74, 6) is 0.641. The minimum Gasteiger partial charge on any atom is -0.497 e. The van der Waals surface area contributed by atoms with Crippen LogP contribution < -0.4 is 15.4 Å². The molecule has 0 aliphatic rings. The van der Waals surface area contributed by atoms with Crippen molar-refractivity contribution in [2.75, 3.05) is 24.8 Å². The van der Waals surface area contributed by atoms with Crippen LogP contribution in [0.2, 0.25) is 0 Å². The van der Waals surface area contributed by atoms with Crippen molar-refractivity contribution >= 4 is 29.3 Å². The number of aromatic nitrogens is 3. The SMILES string of the molecule is COc1ccc(C(=O)N[C@H](CO)c2nnc(SCC(=O)Nc3cc(C)cc(C)c3)n2C)cc1. The van der Waals surface area contributed by atoms with E-state index in [1.807, 2.05) is 32.0 Å². The molecular formula is C23H27N5O4S. The molecule has 0 aliphatic carbocycles. The van der Waals surface area contributed by atoms with Crippen molar-refractivity contribution < 1.29 is 19.4 Å². The molecule has 1 atom stereocenters. The van der Waals surface area contributed by atoms with Crippen LogP contribution in [-0.4, -0.2) is 51.2 Å². The lowest BCUT2D eigenvalue weighted by molar-refractivity contribution is -0.113. The van der Waals surface area contributed by atoms with Gasteiger partial charge in [-0.15, -0.1) is 10.2 Å². The number of benzene rings is 2. The van der Waals surface area contributed by atoms with Crippen molar-refractivity contribution in [3.8, 4) is 5.75 Å². The number of carbonyl (C=O) groups is 2. The maximum Gasteiger partial charge on any atom is 0.251 e. The Morgan fingerprint density at radius 3 is 2.39 bits per heavy atom. The molecule has 0 aliphatic heterocycles. The lowest BCUT2D eigenvalue weighted by atomic mass is 10.1. The molecule has 10 heteroatoms. The average molecular weight is 470 g/mol. The standard InChI is InChI=1S/C23H27N5O4S/c1-14-9-15(2)11-17(10-14)24-20(30)13-33-23-27-26-21(28(23)3)19(12-29)25-22(31)16-5-7-18(32-4)8-6-16/h5-11,19,29H,12-13H2,1-4H3,(H,24,30)(H,25,31)/t19-/m1/s1. The molecule has 9 nitrogen and oxygen atoms in total. The van der Waals surface area contributed by atoms with Crippen LogP contribution in [0.25, 0.3) is 0 Å². The largest absolute Gasteiger partial charge is 0.497 e. The van der Waals surface area contributed by atoms with E-state index >= 15 is 0 Å². The number of aliphatic hydroxyl groups is 1. The van der Waals surface area contributed by atoms with Crippen LogP contribution in [0.15, 0.2) is 47.6 Å². The van der Waals surface area contributed by atoms with Gasteiger partial charge in [0.1, 0.15) is 11.8 Å². The Morgan fingerprint density at radius 2 is 1.79 bits per heavy atom. The quantitative estimate of drug-likeness (QED) is 0.412. The molecule has 0 fully saturated rings. The van der Waals surface area contributed by atoms with Crippen molar-refractivity contribution in [3.63, 3.8) is 0 Å². The number of ether oxygens (including phenoxy) is 1. The Kier molecular flexibility index (Phi) is 8.07. The van der Waals surface area contributed by atoms with E-state index in [0.717, 1.165) is 16.8 Å². The lowest BCUT2D eigenvalue weighted by Gasteiger charge is -2.16. The van der Waals surface area contributed by atoms with Gasteiger partial charge in [-0.1, -0.05) is 17.8 Å². The van der Waals surface area contributed by atoms with Gasteiger partial charge < -0.3 is 25.0 Å². The molecule has 0 unspecified atom stereocenters. The van der Waals surface area contributed by atoms with Crippen molar-refractivity contribution in [2.45, 2.75) is 25.0 Å². The third-order valence-electron chi connectivity index (χ3n) is 4.86. The third-order valence-corrected chi connectivity index (χ3v) is 5.88. The van der Waals surface area contributed by atoms with Crippen LogP contribution in [-0.2, 0) is 11.8 Å². The summed E-state index contributed by atoms with van der Waals surface area (Å²) in [6.07, 6.45) is 0. The summed E-state index contributed by atoms with van der Waals surface area (Å²) in [4.78, 5) is 24.9. The van der Waals surface area contributed by atoms with E-state index in [-0.39, 0.29) is 24.2 Å². The maximum absolute atomic E-state index is 12.6. The minimum absolute atomic E-state index is 0.140. The molecule has 0 saturated heterocycles. The zero-order valence-electron chi connectivity index (χ0n) is 19.0. The highest BCUT2D eigenvalue weighted by atomic mass is 32.2. The van der Waals surface area contributed by atoms with E-state index in [4.69, 9.17) is 4.74 Å². The molecule has 3 rings (SSSR count). The smallest absolute Gasteiger partial charge is 0.251 e. The summed E-state index contributed by atoms with van der Waals surface area (Å²) in [5.41, 5.74) is 3.32. The maximum atomic E-state index is 12.6. The predicted octanol–water partition coefficient (Wildman–Crippen LogP) is 2.63. The molecule has 3 N–H and O–H groups in total. The number of anilines is 1. The molecule has 3 aromatic rings. The number of rotatable bonds is 9. The molecule has 1 aromatic heterocycles. The van der Waals surface area contributed by atoms with Gasteiger partial charge in [-0.3, -0.25) is 9.59 Å². The molecular weight excluding hydrogens is 442 g/mol. The Labute approximate surface area is 196 Å². The topological polar surface area (TPSA) is 118 Å². The second kappa shape index (κ2) is 11.0. The fourth-order valence-corrected chi connectivity index (χ4v) is 4.02. The Hall–Kier alpha value is -3.37. The number of carbonyl (C=O) groups excluding carboxylic acids is 2. The molecule has 1 heterocycles. The van der Waals surface area contributed by atoms with E-state index < -0.39 is 6.04 Å². The number of nitrogens with one attached hydrogen (secondary N) is 2.